The SMILES string of the molecule is CCCCc1ccc(C2=CC[C@]3(C)CCCCC=C3C2(C)C)cc1. The minimum absolute atomic E-state index is 0.155. The lowest BCUT2D eigenvalue weighted by molar-refractivity contribution is 0.298. The van der Waals surface area contributed by atoms with Crippen molar-refractivity contribution in [2.45, 2.75) is 79.1 Å². The molecule has 0 bridgehead atoms. The predicted molar refractivity (Wildman–Crippen MR) is 106 cm³/mol. The Kier molecular flexibility index (Phi) is 5.04. The standard InChI is InChI=1S/C24H34/c1-5-6-10-19-12-14-20(15-13-19)21-16-18-24(4)17-9-7-8-11-22(24)23(21,2)3/h11-16H,5-10,17-18H2,1-4H3/t24-/m0/s1. The summed E-state index contributed by atoms with van der Waals surface area (Å²) in [5, 5.41) is 0. The second kappa shape index (κ2) is 6.90. The van der Waals surface area contributed by atoms with Gasteiger partial charge in [-0.25, -0.2) is 0 Å². The third-order valence-electron chi connectivity index (χ3n) is 6.37. The third-order valence-corrected chi connectivity index (χ3v) is 6.37. The monoisotopic (exact) mass is 322 g/mol. The number of unbranched alkanes of at least 4 members (excludes halogenated alkanes) is 1. The Morgan fingerprint density at radius 2 is 1.71 bits per heavy atom. The number of hydrogen-bond donors (Lipinski definition) is 0. The lowest BCUT2D eigenvalue weighted by Gasteiger charge is -2.46. The highest BCUT2D eigenvalue weighted by Crippen LogP contribution is 2.56. The predicted octanol–water partition coefficient (Wildman–Crippen LogP) is 7.35. The Hall–Kier alpha value is -1.30. The highest BCUT2D eigenvalue weighted by atomic mass is 14.5. The summed E-state index contributed by atoms with van der Waals surface area (Å²) in [5.74, 6) is 0. The molecule has 0 fully saturated rings. The summed E-state index contributed by atoms with van der Waals surface area (Å²) < 4.78 is 0. The molecule has 2 aliphatic rings. The van der Waals surface area contributed by atoms with Crippen LogP contribution in [-0.2, 0) is 6.42 Å². The van der Waals surface area contributed by atoms with E-state index < -0.39 is 0 Å². The molecule has 0 amide bonds. The summed E-state index contributed by atoms with van der Waals surface area (Å²) in [6.07, 6.45) is 15.4. The third kappa shape index (κ3) is 3.25. The van der Waals surface area contributed by atoms with Crippen LogP contribution < -0.4 is 0 Å². The fraction of sp³-hybridized carbons (Fsp3) is 0.583. The number of benzene rings is 1. The van der Waals surface area contributed by atoms with Gasteiger partial charge < -0.3 is 0 Å². The van der Waals surface area contributed by atoms with Gasteiger partial charge in [-0.1, -0.05) is 82.5 Å². The lowest BCUT2D eigenvalue weighted by Crippen LogP contribution is -2.33. The topological polar surface area (TPSA) is 0 Å². The van der Waals surface area contributed by atoms with Crippen LogP contribution in [0.2, 0.25) is 0 Å². The van der Waals surface area contributed by atoms with Gasteiger partial charge in [0.1, 0.15) is 0 Å². The van der Waals surface area contributed by atoms with Crippen LogP contribution in [0.25, 0.3) is 5.57 Å². The molecule has 24 heavy (non-hydrogen) atoms. The van der Waals surface area contributed by atoms with Crippen molar-refractivity contribution in [3.8, 4) is 0 Å². The molecule has 130 valence electrons. The molecule has 0 nitrogen and oxygen atoms in total. The van der Waals surface area contributed by atoms with E-state index in [9.17, 15) is 0 Å². The Bertz CT molecular complexity index is 627. The molecule has 0 N–H and O–H groups in total. The Morgan fingerprint density at radius 3 is 2.42 bits per heavy atom. The smallest absolute Gasteiger partial charge is 0.0113 e. The largest absolute Gasteiger partial charge is 0.0839 e. The van der Waals surface area contributed by atoms with E-state index in [0.29, 0.717) is 5.41 Å². The van der Waals surface area contributed by atoms with Crippen molar-refractivity contribution in [2.24, 2.45) is 10.8 Å². The number of rotatable bonds is 4. The zero-order valence-corrected chi connectivity index (χ0v) is 16.1. The number of aryl methyl sites for hydroxylation is 1. The molecule has 1 aromatic rings. The normalized spacial score (nSPS) is 26.2. The summed E-state index contributed by atoms with van der Waals surface area (Å²) in [6, 6.07) is 9.41. The van der Waals surface area contributed by atoms with Crippen LogP contribution in [0.3, 0.4) is 0 Å². The van der Waals surface area contributed by atoms with Crippen LogP contribution in [0.5, 0.6) is 0 Å². The van der Waals surface area contributed by atoms with Crippen molar-refractivity contribution in [1.82, 2.24) is 0 Å². The highest BCUT2D eigenvalue weighted by Gasteiger charge is 2.43. The van der Waals surface area contributed by atoms with Crippen molar-refractivity contribution in [3.05, 3.63) is 53.1 Å². The second-order valence-corrected chi connectivity index (χ2v) is 8.67. The molecule has 1 aromatic carbocycles. The van der Waals surface area contributed by atoms with E-state index in [4.69, 9.17) is 0 Å². The fourth-order valence-corrected chi connectivity index (χ4v) is 4.95. The molecular formula is C24H34. The first-order valence-corrected chi connectivity index (χ1v) is 9.98. The molecule has 0 unspecified atom stereocenters. The number of allylic oxidation sites excluding steroid dienone is 4. The van der Waals surface area contributed by atoms with Crippen LogP contribution >= 0.6 is 0 Å². The molecular weight excluding hydrogens is 288 g/mol. The van der Waals surface area contributed by atoms with Gasteiger partial charge in [0.15, 0.2) is 0 Å². The van der Waals surface area contributed by atoms with Gasteiger partial charge in [0.25, 0.3) is 0 Å². The molecule has 0 radical (unpaired) electrons. The van der Waals surface area contributed by atoms with Crippen molar-refractivity contribution in [3.63, 3.8) is 0 Å². The molecule has 0 aliphatic heterocycles. The van der Waals surface area contributed by atoms with Crippen LogP contribution in [0.4, 0.5) is 0 Å². The summed E-state index contributed by atoms with van der Waals surface area (Å²) in [4.78, 5) is 0. The Labute approximate surface area is 149 Å². The van der Waals surface area contributed by atoms with Crippen molar-refractivity contribution in [1.29, 1.82) is 0 Å². The molecule has 0 saturated carbocycles. The summed E-state index contributed by atoms with van der Waals surface area (Å²) in [7, 11) is 0. The van der Waals surface area contributed by atoms with Crippen LogP contribution in [0, 0.1) is 10.8 Å². The van der Waals surface area contributed by atoms with Gasteiger partial charge in [0.2, 0.25) is 0 Å². The summed E-state index contributed by atoms with van der Waals surface area (Å²) in [6.45, 7) is 9.64. The fourth-order valence-electron chi connectivity index (χ4n) is 4.95. The van der Waals surface area contributed by atoms with Crippen molar-refractivity contribution >= 4 is 5.57 Å². The van der Waals surface area contributed by atoms with Crippen LogP contribution in [0.1, 0.15) is 83.8 Å². The molecule has 0 heteroatoms. The first kappa shape index (κ1) is 17.5. The van der Waals surface area contributed by atoms with E-state index in [-0.39, 0.29) is 5.41 Å². The second-order valence-electron chi connectivity index (χ2n) is 8.67. The van der Waals surface area contributed by atoms with Crippen molar-refractivity contribution < 1.29 is 0 Å². The summed E-state index contributed by atoms with van der Waals surface area (Å²) in [5.41, 5.74) is 6.67. The average Bonchev–Trinajstić information content (AvgIpc) is 2.76. The first-order valence-electron chi connectivity index (χ1n) is 9.98. The maximum absolute atomic E-state index is 2.58. The molecule has 1 atom stereocenters. The molecule has 0 aromatic heterocycles. The Balaban J connectivity index is 1.92. The van der Waals surface area contributed by atoms with Gasteiger partial charge in [-0.15, -0.1) is 0 Å². The highest BCUT2D eigenvalue weighted by molar-refractivity contribution is 5.75. The van der Waals surface area contributed by atoms with E-state index in [1.54, 1.807) is 5.57 Å². The van der Waals surface area contributed by atoms with E-state index >= 15 is 0 Å². The Morgan fingerprint density at radius 1 is 0.958 bits per heavy atom. The van der Waals surface area contributed by atoms with Gasteiger partial charge >= 0.3 is 0 Å². The maximum Gasteiger partial charge on any atom is 0.0113 e. The molecule has 2 aliphatic carbocycles. The lowest BCUT2D eigenvalue weighted by atomic mass is 9.58. The van der Waals surface area contributed by atoms with E-state index in [2.05, 4.69) is 64.1 Å². The quantitative estimate of drug-likeness (QED) is 0.508. The van der Waals surface area contributed by atoms with E-state index in [0.717, 1.165) is 0 Å². The molecule has 0 heterocycles. The molecule has 0 saturated heterocycles. The van der Waals surface area contributed by atoms with Crippen LogP contribution in [-0.4, -0.2) is 0 Å². The van der Waals surface area contributed by atoms with Gasteiger partial charge in [-0.3, -0.25) is 0 Å². The van der Waals surface area contributed by atoms with E-state index in [1.807, 2.05) is 0 Å². The van der Waals surface area contributed by atoms with E-state index in [1.165, 1.54) is 68.1 Å². The van der Waals surface area contributed by atoms with Gasteiger partial charge in [-0.05, 0) is 60.6 Å². The summed E-state index contributed by atoms with van der Waals surface area (Å²) >= 11 is 0. The van der Waals surface area contributed by atoms with Crippen molar-refractivity contribution in [2.75, 3.05) is 0 Å². The van der Waals surface area contributed by atoms with Gasteiger partial charge in [0.05, 0.1) is 0 Å². The minimum atomic E-state index is 0.155. The van der Waals surface area contributed by atoms with Crippen LogP contribution in [0.15, 0.2) is 42.0 Å². The first-order chi connectivity index (χ1) is 11.5. The maximum atomic E-state index is 2.58. The zero-order chi connectivity index (χ0) is 17.2. The molecule has 3 rings (SSSR count). The number of fused-ring (bicyclic) bond motifs is 1. The number of hydrogen-bond acceptors (Lipinski definition) is 0. The minimum Gasteiger partial charge on any atom is -0.0839 e. The van der Waals surface area contributed by atoms with Gasteiger partial charge in [0, 0.05) is 5.41 Å². The average molecular weight is 323 g/mol. The zero-order valence-electron chi connectivity index (χ0n) is 16.1. The molecule has 0 spiro atoms. The van der Waals surface area contributed by atoms with Gasteiger partial charge in [-0.2, -0.15) is 0 Å².